The van der Waals surface area contributed by atoms with Crippen LogP contribution in [0.4, 0.5) is 0 Å². The molecule has 1 aromatic rings. The lowest BCUT2D eigenvalue weighted by Crippen LogP contribution is -2.26. The lowest BCUT2D eigenvalue weighted by molar-refractivity contribution is 0.196. The van der Waals surface area contributed by atoms with Crippen molar-refractivity contribution in [1.82, 2.24) is 4.90 Å². The highest BCUT2D eigenvalue weighted by atomic mass is 16.5. The molecule has 0 heterocycles. The van der Waals surface area contributed by atoms with Crippen molar-refractivity contribution in [3.8, 4) is 11.5 Å². The second kappa shape index (κ2) is 7.95. The van der Waals surface area contributed by atoms with Gasteiger partial charge >= 0.3 is 0 Å². The first-order valence-electron chi connectivity index (χ1n) is 6.38. The third kappa shape index (κ3) is 4.20. The Bertz CT molecular complexity index is 355. The molecule has 0 amide bonds. The second-order valence-electron chi connectivity index (χ2n) is 4.01. The van der Waals surface area contributed by atoms with Gasteiger partial charge in [-0.3, -0.25) is 4.90 Å². The van der Waals surface area contributed by atoms with Gasteiger partial charge in [0.15, 0.2) is 11.5 Å². The fourth-order valence-electron chi connectivity index (χ4n) is 1.84. The van der Waals surface area contributed by atoms with E-state index in [1.165, 1.54) is 0 Å². The van der Waals surface area contributed by atoms with Crippen molar-refractivity contribution in [2.45, 2.75) is 20.4 Å². The maximum atomic E-state index is 8.98. The van der Waals surface area contributed by atoms with Crippen LogP contribution in [0.1, 0.15) is 19.4 Å². The van der Waals surface area contributed by atoms with Crippen molar-refractivity contribution in [1.29, 1.82) is 0 Å². The topological polar surface area (TPSA) is 41.9 Å². The molecule has 0 radical (unpaired) electrons. The Morgan fingerprint density at radius 2 is 2.00 bits per heavy atom. The van der Waals surface area contributed by atoms with Gasteiger partial charge in [0.25, 0.3) is 0 Å². The summed E-state index contributed by atoms with van der Waals surface area (Å²) in [5, 5.41) is 8.98. The Labute approximate surface area is 109 Å². The van der Waals surface area contributed by atoms with Gasteiger partial charge in [0, 0.05) is 13.1 Å². The molecule has 0 unspecified atom stereocenters. The summed E-state index contributed by atoms with van der Waals surface area (Å²) in [5.74, 6) is 1.53. The van der Waals surface area contributed by atoms with Gasteiger partial charge in [-0.1, -0.05) is 13.0 Å². The van der Waals surface area contributed by atoms with E-state index in [1.54, 1.807) is 7.11 Å². The molecule has 18 heavy (non-hydrogen) atoms. The SMILES string of the molecule is CCOc1cc(CN(CC)CCO)ccc1OC. The predicted octanol–water partition coefficient (Wildman–Crippen LogP) is 1.91. The fourth-order valence-corrected chi connectivity index (χ4v) is 1.84. The average Bonchev–Trinajstić information content (AvgIpc) is 2.39. The van der Waals surface area contributed by atoms with Crippen molar-refractivity contribution >= 4 is 0 Å². The Hall–Kier alpha value is -1.26. The summed E-state index contributed by atoms with van der Waals surface area (Å²) in [7, 11) is 1.64. The van der Waals surface area contributed by atoms with Crippen LogP contribution in [0.5, 0.6) is 11.5 Å². The summed E-state index contributed by atoms with van der Waals surface area (Å²) < 4.78 is 10.8. The van der Waals surface area contributed by atoms with E-state index in [4.69, 9.17) is 14.6 Å². The molecule has 0 saturated heterocycles. The van der Waals surface area contributed by atoms with Gasteiger partial charge in [-0.15, -0.1) is 0 Å². The number of nitrogens with zero attached hydrogens (tertiary/aromatic N) is 1. The molecule has 0 fully saturated rings. The number of hydrogen-bond donors (Lipinski definition) is 1. The molecule has 102 valence electrons. The van der Waals surface area contributed by atoms with Crippen molar-refractivity contribution in [3.63, 3.8) is 0 Å². The molecule has 1 N–H and O–H groups in total. The van der Waals surface area contributed by atoms with Crippen LogP contribution in [0.2, 0.25) is 0 Å². The number of hydrogen-bond acceptors (Lipinski definition) is 4. The van der Waals surface area contributed by atoms with Crippen LogP contribution in [0.25, 0.3) is 0 Å². The predicted molar refractivity (Wildman–Crippen MR) is 72.2 cm³/mol. The van der Waals surface area contributed by atoms with Crippen molar-refractivity contribution in [2.75, 3.05) is 33.4 Å². The summed E-state index contributed by atoms with van der Waals surface area (Å²) in [6.07, 6.45) is 0. The summed E-state index contributed by atoms with van der Waals surface area (Å²) in [6.45, 7) is 7.25. The van der Waals surface area contributed by atoms with E-state index < -0.39 is 0 Å². The smallest absolute Gasteiger partial charge is 0.161 e. The second-order valence-corrected chi connectivity index (χ2v) is 4.01. The van der Waals surface area contributed by atoms with Gasteiger partial charge in [0.05, 0.1) is 20.3 Å². The molecule has 1 aromatic carbocycles. The summed E-state index contributed by atoms with van der Waals surface area (Å²) >= 11 is 0. The van der Waals surface area contributed by atoms with Crippen molar-refractivity contribution in [3.05, 3.63) is 23.8 Å². The Morgan fingerprint density at radius 3 is 2.56 bits per heavy atom. The zero-order valence-electron chi connectivity index (χ0n) is 11.5. The number of rotatable bonds is 8. The molecule has 0 bridgehead atoms. The first kappa shape index (κ1) is 14.8. The highest BCUT2D eigenvalue weighted by Crippen LogP contribution is 2.28. The summed E-state index contributed by atoms with van der Waals surface area (Å²) in [6, 6.07) is 5.96. The average molecular weight is 253 g/mol. The lowest BCUT2D eigenvalue weighted by atomic mass is 10.2. The molecule has 0 spiro atoms. The molecule has 0 aliphatic rings. The quantitative estimate of drug-likeness (QED) is 0.768. The summed E-state index contributed by atoms with van der Waals surface area (Å²) in [4.78, 5) is 2.18. The Kier molecular flexibility index (Phi) is 6.54. The minimum absolute atomic E-state index is 0.183. The molecule has 0 atom stereocenters. The van der Waals surface area contributed by atoms with Gasteiger partial charge in [-0.2, -0.15) is 0 Å². The minimum atomic E-state index is 0.183. The first-order chi connectivity index (χ1) is 8.74. The van der Waals surface area contributed by atoms with Gasteiger partial charge < -0.3 is 14.6 Å². The zero-order valence-corrected chi connectivity index (χ0v) is 11.5. The largest absolute Gasteiger partial charge is 0.493 e. The molecule has 1 rings (SSSR count). The van der Waals surface area contributed by atoms with Crippen LogP contribution in [0, 0.1) is 0 Å². The van der Waals surface area contributed by atoms with Crippen LogP contribution in [-0.4, -0.2) is 43.4 Å². The zero-order chi connectivity index (χ0) is 13.4. The van der Waals surface area contributed by atoms with Crippen LogP contribution in [-0.2, 0) is 6.54 Å². The van der Waals surface area contributed by atoms with E-state index in [-0.39, 0.29) is 6.61 Å². The number of aliphatic hydroxyl groups excluding tert-OH is 1. The Balaban J connectivity index is 2.79. The molecular weight excluding hydrogens is 230 g/mol. The van der Waals surface area contributed by atoms with Crippen molar-refractivity contribution < 1.29 is 14.6 Å². The van der Waals surface area contributed by atoms with Gasteiger partial charge in [-0.05, 0) is 31.2 Å². The number of methoxy groups -OCH3 is 1. The van der Waals surface area contributed by atoms with E-state index in [9.17, 15) is 0 Å². The normalized spacial score (nSPS) is 10.7. The molecule has 0 aliphatic carbocycles. The van der Waals surface area contributed by atoms with Crippen LogP contribution in [0.15, 0.2) is 18.2 Å². The van der Waals surface area contributed by atoms with E-state index in [0.29, 0.717) is 13.2 Å². The Morgan fingerprint density at radius 1 is 1.22 bits per heavy atom. The number of ether oxygens (including phenoxy) is 2. The van der Waals surface area contributed by atoms with E-state index >= 15 is 0 Å². The molecular formula is C14H23NO3. The van der Waals surface area contributed by atoms with Gasteiger partial charge in [0.1, 0.15) is 0 Å². The summed E-state index contributed by atoms with van der Waals surface area (Å²) in [5.41, 5.74) is 1.16. The monoisotopic (exact) mass is 253 g/mol. The molecule has 0 aliphatic heterocycles. The highest BCUT2D eigenvalue weighted by Gasteiger charge is 2.08. The molecule has 0 aromatic heterocycles. The standard InChI is InChI=1S/C14H23NO3/c1-4-15(8-9-16)11-12-6-7-13(17-3)14(10-12)18-5-2/h6-7,10,16H,4-5,8-9,11H2,1-3H3. The minimum Gasteiger partial charge on any atom is -0.493 e. The van der Waals surface area contributed by atoms with Crippen LogP contribution < -0.4 is 9.47 Å². The third-order valence-electron chi connectivity index (χ3n) is 2.80. The molecule has 4 nitrogen and oxygen atoms in total. The maximum Gasteiger partial charge on any atom is 0.161 e. The number of aliphatic hydroxyl groups is 1. The van der Waals surface area contributed by atoms with E-state index in [2.05, 4.69) is 11.8 Å². The van der Waals surface area contributed by atoms with Crippen LogP contribution >= 0.6 is 0 Å². The van der Waals surface area contributed by atoms with E-state index in [1.807, 2.05) is 25.1 Å². The van der Waals surface area contributed by atoms with E-state index in [0.717, 1.165) is 30.2 Å². The van der Waals surface area contributed by atoms with Crippen LogP contribution in [0.3, 0.4) is 0 Å². The molecule has 0 saturated carbocycles. The number of benzene rings is 1. The number of likely N-dealkylation sites (N-methyl/N-ethyl adjacent to an activating group) is 1. The lowest BCUT2D eigenvalue weighted by Gasteiger charge is -2.20. The highest BCUT2D eigenvalue weighted by molar-refractivity contribution is 5.42. The molecule has 4 heteroatoms. The van der Waals surface area contributed by atoms with Gasteiger partial charge in [0.2, 0.25) is 0 Å². The van der Waals surface area contributed by atoms with Gasteiger partial charge in [-0.25, -0.2) is 0 Å². The third-order valence-corrected chi connectivity index (χ3v) is 2.80. The maximum absolute atomic E-state index is 8.98. The first-order valence-corrected chi connectivity index (χ1v) is 6.38. The van der Waals surface area contributed by atoms with Crippen molar-refractivity contribution in [2.24, 2.45) is 0 Å². The fraction of sp³-hybridized carbons (Fsp3) is 0.571.